The molecule has 2 heterocycles. The Morgan fingerprint density at radius 2 is 2.32 bits per heavy atom. The number of hydrogen-bond donors (Lipinski definition) is 1. The maximum absolute atomic E-state index is 5.90. The molecule has 0 aliphatic heterocycles. The Labute approximate surface area is 115 Å². The highest BCUT2D eigenvalue weighted by Gasteiger charge is 2.36. The molecule has 0 amide bonds. The summed E-state index contributed by atoms with van der Waals surface area (Å²) in [5, 5.41) is 7.41. The van der Waals surface area contributed by atoms with Crippen LogP contribution in [0.1, 0.15) is 26.2 Å². The predicted octanol–water partition coefficient (Wildman–Crippen LogP) is 1.71. The minimum atomic E-state index is 0.149. The van der Waals surface area contributed by atoms with Gasteiger partial charge in [0.05, 0.1) is 0 Å². The number of nitrogens with zero attached hydrogens (tertiary/aromatic N) is 6. The highest BCUT2D eigenvalue weighted by molar-refractivity contribution is 6.28. The molecule has 0 saturated heterocycles. The molecular weight excluding hydrogens is 266 g/mol. The van der Waals surface area contributed by atoms with E-state index in [4.69, 9.17) is 11.6 Å². The second-order valence-electron chi connectivity index (χ2n) is 4.60. The average Bonchev–Trinajstić information content (AvgIpc) is 2.92. The summed E-state index contributed by atoms with van der Waals surface area (Å²) < 4.78 is 1.45. The van der Waals surface area contributed by atoms with Gasteiger partial charge in [-0.25, -0.2) is 4.98 Å². The number of aromatic nitrogens is 6. The van der Waals surface area contributed by atoms with Crippen LogP contribution in [-0.2, 0) is 0 Å². The minimum absolute atomic E-state index is 0.149. The molecule has 0 radical (unpaired) electrons. The molecule has 8 heteroatoms. The molecule has 7 nitrogen and oxygen atoms in total. The zero-order valence-electron chi connectivity index (χ0n) is 10.5. The van der Waals surface area contributed by atoms with E-state index in [9.17, 15) is 0 Å². The molecule has 1 aliphatic carbocycles. The first-order valence-corrected chi connectivity index (χ1v) is 6.67. The van der Waals surface area contributed by atoms with E-state index < -0.39 is 0 Å². The third kappa shape index (κ3) is 2.81. The minimum Gasteiger partial charge on any atom is -0.351 e. The molecule has 1 N–H and O–H groups in total. The second-order valence-corrected chi connectivity index (χ2v) is 4.94. The van der Waals surface area contributed by atoms with Crippen LogP contribution in [0.25, 0.3) is 5.95 Å². The van der Waals surface area contributed by atoms with Crippen molar-refractivity contribution >= 4 is 17.5 Å². The van der Waals surface area contributed by atoms with Crippen molar-refractivity contribution in [2.75, 3.05) is 5.32 Å². The highest BCUT2D eigenvalue weighted by atomic mass is 35.5. The summed E-state index contributed by atoms with van der Waals surface area (Å²) in [5.41, 5.74) is 0. The quantitative estimate of drug-likeness (QED) is 0.897. The predicted molar refractivity (Wildman–Crippen MR) is 70.2 cm³/mol. The first kappa shape index (κ1) is 12.3. The van der Waals surface area contributed by atoms with E-state index in [1.807, 2.05) is 0 Å². The first-order valence-electron chi connectivity index (χ1n) is 6.29. The third-order valence-corrected chi connectivity index (χ3v) is 3.29. The molecule has 0 spiro atoms. The lowest BCUT2D eigenvalue weighted by Gasteiger charge is -2.05. The van der Waals surface area contributed by atoms with E-state index >= 15 is 0 Å². The normalized spacial score (nSPS) is 21.4. The van der Waals surface area contributed by atoms with Crippen LogP contribution in [0.2, 0.25) is 5.28 Å². The van der Waals surface area contributed by atoms with Crippen LogP contribution in [0.5, 0.6) is 0 Å². The number of rotatable bonds is 5. The van der Waals surface area contributed by atoms with E-state index in [-0.39, 0.29) is 5.28 Å². The first-order chi connectivity index (χ1) is 9.26. The summed E-state index contributed by atoms with van der Waals surface area (Å²) in [7, 11) is 0. The number of anilines is 1. The molecular formula is C11H14ClN7. The highest BCUT2D eigenvalue weighted by Crippen LogP contribution is 2.36. The zero-order chi connectivity index (χ0) is 13.2. The van der Waals surface area contributed by atoms with Gasteiger partial charge >= 0.3 is 0 Å². The molecule has 0 bridgehead atoms. The Hall–Kier alpha value is -1.76. The van der Waals surface area contributed by atoms with Crippen LogP contribution in [0, 0.1) is 5.92 Å². The van der Waals surface area contributed by atoms with Gasteiger partial charge in [0.2, 0.25) is 11.2 Å². The Balaban J connectivity index is 1.76. The maximum Gasteiger partial charge on any atom is 0.258 e. The SMILES string of the molecule is CCCC1CC1Nc1nc(Cl)nc(-n2cncn2)n1. The maximum atomic E-state index is 5.90. The van der Waals surface area contributed by atoms with Crippen molar-refractivity contribution in [1.82, 2.24) is 29.7 Å². The number of halogens is 1. The summed E-state index contributed by atoms with van der Waals surface area (Å²) in [6, 6.07) is 0.446. The Morgan fingerprint density at radius 1 is 1.42 bits per heavy atom. The van der Waals surface area contributed by atoms with Gasteiger partial charge in [0, 0.05) is 6.04 Å². The standard InChI is InChI=1S/C11H14ClN7/c1-2-3-7-4-8(7)15-10-16-9(12)17-11(18-10)19-6-13-5-14-19/h5-8H,2-4H2,1H3,(H,15,16,17,18). The number of nitrogens with one attached hydrogen (secondary N) is 1. The van der Waals surface area contributed by atoms with Gasteiger partial charge in [0.25, 0.3) is 5.95 Å². The summed E-state index contributed by atoms with van der Waals surface area (Å²) in [6.07, 6.45) is 6.53. The monoisotopic (exact) mass is 279 g/mol. The molecule has 0 aromatic carbocycles. The molecule has 3 rings (SSSR count). The summed E-state index contributed by atoms with van der Waals surface area (Å²) in [4.78, 5) is 16.3. The molecule has 2 aromatic rings. The zero-order valence-corrected chi connectivity index (χ0v) is 11.2. The van der Waals surface area contributed by atoms with Crippen molar-refractivity contribution in [2.45, 2.75) is 32.2 Å². The van der Waals surface area contributed by atoms with Gasteiger partial charge in [-0.1, -0.05) is 13.3 Å². The fourth-order valence-electron chi connectivity index (χ4n) is 2.10. The van der Waals surface area contributed by atoms with Crippen LogP contribution in [-0.4, -0.2) is 35.8 Å². The molecule has 1 saturated carbocycles. The average molecular weight is 280 g/mol. The van der Waals surface area contributed by atoms with Crippen LogP contribution in [0.15, 0.2) is 12.7 Å². The molecule has 19 heavy (non-hydrogen) atoms. The summed E-state index contributed by atoms with van der Waals surface area (Å²) in [5.74, 6) is 1.58. The number of hydrogen-bond acceptors (Lipinski definition) is 6. The smallest absolute Gasteiger partial charge is 0.258 e. The summed E-state index contributed by atoms with van der Waals surface area (Å²) >= 11 is 5.90. The topological polar surface area (TPSA) is 81.4 Å². The van der Waals surface area contributed by atoms with Gasteiger partial charge in [-0.15, -0.1) is 0 Å². The van der Waals surface area contributed by atoms with Gasteiger partial charge in [0.15, 0.2) is 0 Å². The van der Waals surface area contributed by atoms with Gasteiger partial charge in [-0.3, -0.25) is 0 Å². The summed E-state index contributed by atoms with van der Waals surface area (Å²) in [6.45, 7) is 2.19. The fraction of sp³-hybridized carbons (Fsp3) is 0.545. The lowest BCUT2D eigenvalue weighted by molar-refractivity contribution is 0.690. The largest absolute Gasteiger partial charge is 0.351 e. The van der Waals surface area contributed by atoms with E-state index in [0.29, 0.717) is 17.9 Å². The van der Waals surface area contributed by atoms with E-state index in [2.05, 4.69) is 37.3 Å². The molecule has 1 aliphatic rings. The lowest BCUT2D eigenvalue weighted by Crippen LogP contribution is -2.12. The van der Waals surface area contributed by atoms with Crippen LogP contribution in [0.3, 0.4) is 0 Å². The van der Waals surface area contributed by atoms with E-state index in [0.717, 1.165) is 12.3 Å². The van der Waals surface area contributed by atoms with Crippen molar-refractivity contribution in [2.24, 2.45) is 5.92 Å². The molecule has 2 unspecified atom stereocenters. The molecule has 100 valence electrons. The van der Waals surface area contributed by atoms with Crippen molar-refractivity contribution in [3.8, 4) is 5.95 Å². The molecule has 2 aromatic heterocycles. The van der Waals surface area contributed by atoms with Gasteiger partial charge in [-0.2, -0.15) is 24.7 Å². The van der Waals surface area contributed by atoms with Crippen LogP contribution >= 0.6 is 11.6 Å². The van der Waals surface area contributed by atoms with Crippen LogP contribution < -0.4 is 5.32 Å². The van der Waals surface area contributed by atoms with Crippen molar-refractivity contribution in [1.29, 1.82) is 0 Å². The third-order valence-electron chi connectivity index (χ3n) is 3.12. The van der Waals surface area contributed by atoms with Crippen molar-refractivity contribution < 1.29 is 0 Å². The fourth-order valence-corrected chi connectivity index (χ4v) is 2.25. The Bertz CT molecular complexity index is 556. The van der Waals surface area contributed by atoms with Gasteiger partial charge in [0.1, 0.15) is 12.7 Å². The van der Waals surface area contributed by atoms with E-state index in [1.54, 1.807) is 0 Å². The molecule has 1 fully saturated rings. The van der Waals surface area contributed by atoms with Crippen molar-refractivity contribution in [3.05, 3.63) is 17.9 Å². The van der Waals surface area contributed by atoms with E-state index in [1.165, 1.54) is 30.2 Å². The van der Waals surface area contributed by atoms with Crippen molar-refractivity contribution in [3.63, 3.8) is 0 Å². The Morgan fingerprint density at radius 3 is 3.05 bits per heavy atom. The Kier molecular flexibility index (Phi) is 3.29. The second kappa shape index (κ2) is 5.08. The van der Waals surface area contributed by atoms with Gasteiger partial charge in [-0.05, 0) is 30.4 Å². The molecule has 2 atom stereocenters. The lowest BCUT2D eigenvalue weighted by atomic mass is 10.2. The van der Waals surface area contributed by atoms with Crippen LogP contribution in [0.4, 0.5) is 5.95 Å². The van der Waals surface area contributed by atoms with Gasteiger partial charge < -0.3 is 5.32 Å².